The first-order chi connectivity index (χ1) is 13.9. The van der Waals surface area contributed by atoms with Crippen molar-refractivity contribution in [1.82, 2.24) is 14.5 Å². The molecule has 1 aromatic carbocycles. The molecule has 156 valence electrons. The van der Waals surface area contributed by atoms with Gasteiger partial charge in [-0.15, -0.1) is 11.3 Å². The van der Waals surface area contributed by atoms with Gasteiger partial charge in [0.05, 0.1) is 10.9 Å². The van der Waals surface area contributed by atoms with Crippen LogP contribution in [0.3, 0.4) is 0 Å². The number of nitrogens with zero attached hydrogens (tertiary/aromatic N) is 2. The Kier molecular flexibility index (Phi) is 7.05. The van der Waals surface area contributed by atoms with Crippen LogP contribution in [0.2, 0.25) is 0 Å². The zero-order valence-corrected chi connectivity index (χ0v) is 17.9. The quantitative estimate of drug-likeness (QED) is 0.723. The Labute approximate surface area is 175 Å². The maximum Gasteiger partial charge on any atom is 0.243 e. The second-order valence-electron chi connectivity index (χ2n) is 6.90. The standard InChI is InChI=1S/C20H25N3O4S2/c1-16(18-8-5-15-28-18)21-19(24)9-10-20(25)22-11-13-23(14-12-22)29(26,27)17-6-3-2-4-7-17/h2-8,15-16H,9-14H2,1H3,(H,21,24)/t16-/m0/s1. The van der Waals surface area contributed by atoms with Crippen LogP contribution in [0.15, 0.2) is 52.7 Å². The Morgan fingerprint density at radius 1 is 1.03 bits per heavy atom. The molecule has 1 aromatic heterocycles. The highest BCUT2D eigenvalue weighted by Crippen LogP contribution is 2.19. The predicted octanol–water partition coefficient (Wildman–Crippen LogP) is 2.24. The van der Waals surface area contributed by atoms with E-state index >= 15 is 0 Å². The topological polar surface area (TPSA) is 86.8 Å². The van der Waals surface area contributed by atoms with Crippen LogP contribution in [0, 0.1) is 0 Å². The molecule has 0 radical (unpaired) electrons. The van der Waals surface area contributed by atoms with Crippen LogP contribution in [0.25, 0.3) is 0 Å². The molecule has 2 heterocycles. The van der Waals surface area contributed by atoms with E-state index in [1.807, 2.05) is 24.4 Å². The van der Waals surface area contributed by atoms with Gasteiger partial charge in [-0.25, -0.2) is 8.42 Å². The number of hydrogen-bond acceptors (Lipinski definition) is 5. The molecular weight excluding hydrogens is 410 g/mol. The summed E-state index contributed by atoms with van der Waals surface area (Å²) in [4.78, 5) is 27.5. The third-order valence-corrected chi connectivity index (χ3v) is 7.85. The third-order valence-electron chi connectivity index (χ3n) is 4.89. The van der Waals surface area contributed by atoms with Crippen molar-refractivity contribution in [1.29, 1.82) is 0 Å². The van der Waals surface area contributed by atoms with Gasteiger partial charge in [0.25, 0.3) is 0 Å². The van der Waals surface area contributed by atoms with Gasteiger partial charge in [0.2, 0.25) is 21.8 Å². The molecular formula is C20H25N3O4S2. The molecule has 1 atom stereocenters. The molecule has 1 aliphatic heterocycles. The molecule has 29 heavy (non-hydrogen) atoms. The zero-order chi connectivity index (χ0) is 20.9. The Bertz CT molecular complexity index is 922. The maximum absolute atomic E-state index is 12.6. The highest BCUT2D eigenvalue weighted by atomic mass is 32.2. The van der Waals surface area contributed by atoms with E-state index in [1.165, 1.54) is 4.31 Å². The number of carbonyl (C=O) groups excluding carboxylic acids is 2. The lowest BCUT2D eigenvalue weighted by molar-refractivity contribution is -0.134. The van der Waals surface area contributed by atoms with Crippen molar-refractivity contribution in [3.8, 4) is 0 Å². The molecule has 2 aromatic rings. The fraction of sp³-hybridized carbons (Fsp3) is 0.400. The third kappa shape index (κ3) is 5.43. The van der Waals surface area contributed by atoms with E-state index in [2.05, 4.69) is 5.32 Å². The summed E-state index contributed by atoms with van der Waals surface area (Å²) >= 11 is 1.58. The van der Waals surface area contributed by atoms with Gasteiger partial charge in [-0.3, -0.25) is 9.59 Å². The van der Waals surface area contributed by atoms with Gasteiger partial charge in [-0.05, 0) is 30.5 Å². The first kappa shape index (κ1) is 21.5. The van der Waals surface area contributed by atoms with E-state index in [0.717, 1.165) is 4.88 Å². The van der Waals surface area contributed by atoms with E-state index in [4.69, 9.17) is 0 Å². The first-order valence-corrected chi connectivity index (χ1v) is 11.9. The Hall–Kier alpha value is -2.23. The summed E-state index contributed by atoms with van der Waals surface area (Å²) in [7, 11) is -3.54. The fourth-order valence-corrected chi connectivity index (χ4v) is 5.40. The number of piperazine rings is 1. The smallest absolute Gasteiger partial charge is 0.243 e. The van der Waals surface area contributed by atoms with Gasteiger partial charge in [-0.1, -0.05) is 24.3 Å². The van der Waals surface area contributed by atoms with Gasteiger partial charge in [-0.2, -0.15) is 4.31 Å². The number of amides is 2. The van der Waals surface area contributed by atoms with Crippen molar-refractivity contribution in [2.45, 2.75) is 30.7 Å². The van der Waals surface area contributed by atoms with Crippen molar-refractivity contribution in [2.24, 2.45) is 0 Å². The maximum atomic E-state index is 12.6. The minimum absolute atomic E-state index is 0.0793. The highest BCUT2D eigenvalue weighted by Gasteiger charge is 2.30. The molecule has 1 aliphatic rings. The number of hydrogen-bond donors (Lipinski definition) is 1. The summed E-state index contributed by atoms with van der Waals surface area (Å²) in [6.07, 6.45) is 0.242. The summed E-state index contributed by atoms with van der Waals surface area (Å²) < 4.78 is 26.7. The van der Waals surface area contributed by atoms with Crippen LogP contribution >= 0.6 is 11.3 Å². The average molecular weight is 436 g/mol. The molecule has 0 saturated carbocycles. The number of thiophene rings is 1. The molecule has 1 N–H and O–H groups in total. The summed E-state index contributed by atoms with van der Waals surface area (Å²) in [6.45, 7) is 3.09. The lowest BCUT2D eigenvalue weighted by atomic mass is 10.2. The predicted molar refractivity (Wildman–Crippen MR) is 112 cm³/mol. The van der Waals surface area contributed by atoms with Crippen molar-refractivity contribution < 1.29 is 18.0 Å². The van der Waals surface area contributed by atoms with Gasteiger partial charge in [0.15, 0.2) is 0 Å². The SMILES string of the molecule is C[C@H](NC(=O)CCC(=O)N1CCN(S(=O)(=O)c2ccccc2)CC1)c1cccs1. The molecule has 0 spiro atoms. The monoisotopic (exact) mass is 435 g/mol. The number of benzene rings is 1. The average Bonchev–Trinajstić information content (AvgIpc) is 3.28. The van der Waals surface area contributed by atoms with Crippen molar-refractivity contribution >= 4 is 33.2 Å². The summed E-state index contributed by atoms with van der Waals surface area (Å²) in [5.74, 6) is -0.287. The van der Waals surface area contributed by atoms with Crippen LogP contribution < -0.4 is 5.32 Å². The molecule has 2 amide bonds. The largest absolute Gasteiger partial charge is 0.349 e. The van der Waals surface area contributed by atoms with Crippen LogP contribution in [0.1, 0.15) is 30.7 Å². The number of carbonyl (C=O) groups is 2. The van der Waals surface area contributed by atoms with Gasteiger partial charge in [0.1, 0.15) is 0 Å². The number of nitrogens with one attached hydrogen (secondary N) is 1. The number of sulfonamides is 1. The Morgan fingerprint density at radius 3 is 2.34 bits per heavy atom. The molecule has 0 aliphatic carbocycles. The molecule has 1 saturated heterocycles. The summed E-state index contributed by atoms with van der Waals surface area (Å²) in [6, 6.07) is 12.1. The van der Waals surface area contributed by atoms with E-state index in [9.17, 15) is 18.0 Å². The molecule has 9 heteroatoms. The van der Waals surface area contributed by atoms with Crippen LogP contribution in [-0.4, -0.2) is 55.6 Å². The zero-order valence-electron chi connectivity index (χ0n) is 16.3. The van der Waals surface area contributed by atoms with Crippen LogP contribution in [0.4, 0.5) is 0 Å². The van der Waals surface area contributed by atoms with E-state index < -0.39 is 10.0 Å². The lowest BCUT2D eigenvalue weighted by Gasteiger charge is -2.34. The van der Waals surface area contributed by atoms with E-state index in [1.54, 1.807) is 46.6 Å². The van der Waals surface area contributed by atoms with Gasteiger partial charge < -0.3 is 10.2 Å². The Balaban J connectivity index is 1.45. The second kappa shape index (κ2) is 9.51. The van der Waals surface area contributed by atoms with E-state index in [-0.39, 0.29) is 48.7 Å². The molecule has 0 unspecified atom stereocenters. The minimum Gasteiger partial charge on any atom is -0.349 e. The van der Waals surface area contributed by atoms with Crippen LogP contribution in [-0.2, 0) is 19.6 Å². The lowest BCUT2D eigenvalue weighted by Crippen LogP contribution is -2.50. The normalized spacial score (nSPS) is 16.4. The highest BCUT2D eigenvalue weighted by molar-refractivity contribution is 7.89. The van der Waals surface area contributed by atoms with Gasteiger partial charge in [0, 0.05) is 43.9 Å². The van der Waals surface area contributed by atoms with Crippen LogP contribution in [0.5, 0.6) is 0 Å². The Morgan fingerprint density at radius 2 is 1.72 bits per heavy atom. The van der Waals surface area contributed by atoms with Crippen molar-refractivity contribution in [2.75, 3.05) is 26.2 Å². The molecule has 0 bridgehead atoms. The molecule has 1 fully saturated rings. The summed E-state index contributed by atoms with van der Waals surface area (Å²) in [5.41, 5.74) is 0. The van der Waals surface area contributed by atoms with Gasteiger partial charge >= 0.3 is 0 Å². The fourth-order valence-electron chi connectivity index (χ4n) is 3.22. The second-order valence-corrected chi connectivity index (χ2v) is 9.82. The van der Waals surface area contributed by atoms with Crippen molar-refractivity contribution in [3.63, 3.8) is 0 Å². The van der Waals surface area contributed by atoms with Crippen molar-refractivity contribution in [3.05, 3.63) is 52.7 Å². The molecule has 7 nitrogen and oxygen atoms in total. The van der Waals surface area contributed by atoms with E-state index in [0.29, 0.717) is 13.1 Å². The minimum atomic E-state index is -3.54. The summed E-state index contributed by atoms with van der Waals surface area (Å²) in [5, 5.41) is 4.86. The molecule has 3 rings (SSSR count). The number of rotatable bonds is 7. The first-order valence-electron chi connectivity index (χ1n) is 9.53.